The molecule has 2 rings (SSSR count). The van der Waals surface area contributed by atoms with Crippen molar-refractivity contribution < 1.29 is 19.1 Å². The van der Waals surface area contributed by atoms with Crippen LogP contribution in [0.2, 0.25) is 0 Å². The molecule has 23 heavy (non-hydrogen) atoms. The number of benzene rings is 1. The Morgan fingerprint density at radius 2 is 1.96 bits per heavy atom. The highest BCUT2D eigenvalue weighted by atomic mass is 79.9. The van der Waals surface area contributed by atoms with Gasteiger partial charge in [0.25, 0.3) is 0 Å². The van der Waals surface area contributed by atoms with E-state index in [0.29, 0.717) is 16.6 Å². The number of carbonyl (C=O) groups excluding carboxylic acids is 2. The van der Waals surface area contributed by atoms with E-state index in [1.54, 1.807) is 11.0 Å². The van der Waals surface area contributed by atoms with Crippen molar-refractivity contribution >= 4 is 28.0 Å². The van der Waals surface area contributed by atoms with Crippen LogP contribution in [0.4, 0.5) is 4.79 Å². The lowest BCUT2D eigenvalue weighted by molar-refractivity contribution is 0.0159. The summed E-state index contributed by atoms with van der Waals surface area (Å²) in [4.78, 5) is 26.0. The van der Waals surface area contributed by atoms with Gasteiger partial charge in [0.05, 0.1) is 18.7 Å². The zero-order chi connectivity index (χ0) is 17.4. The molecular formula is C17H22BrNO4. The van der Waals surface area contributed by atoms with Crippen LogP contribution in [0.15, 0.2) is 16.6 Å². The third-order valence-electron chi connectivity index (χ3n) is 3.81. The molecule has 1 aliphatic heterocycles. The number of fused-ring (bicyclic) bond motifs is 1. The smallest absolute Gasteiger partial charge is 0.410 e. The highest BCUT2D eigenvalue weighted by molar-refractivity contribution is 9.10. The van der Waals surface area contributed by atoms with Crippen LogP contribution in [0.5, 0.6) is 0 Å². The Labute approximate surface area is 145 Å². The van der Waals surface area contributed by atoms with Gasteiger partial charge in [-0.2, -0.15) is 0 Å². The summed E-state index contributed by atoms with van der Waals surface area (Å²) in [6.45, 7) is 8.07. The van der Waals surface area contributed by atoms with Crippen LogP contribution in [0.1, 0.15) is 55.2 Å². The molecule has 5 nitrogen and oxygen atoms in total. The molecule has 0 fully saturated rings. The number of methoxy groups -OCH3 is 1. The molecule has 0 aromatic heterocycles. The molecule has 1 amide bonds. The lowest BCUT2D eigenvalue weighted by atomic mass is 9.92. The van der Waals surface area contributed by atoms with Gasteiger partial charge in [0.15, 0.2) is 0 Å². The molecule has 6 heteroatoms. The van der Waals surface area contributed by atoms with Gasteiger partial charge in [0.2, 0.25) is 0 Å². The summed E-state index contributed by atoms with van der Waals surface area (Å²) in [5.74, 6) is -0.402. The average Bonchev–Trinajstić information content (AvgIpc) is 2.45. The average molecular weight is 384 g/mol. The fraction of sp³-hybridized carbons (Fsp3) is 0.529. The summed E-state index contributed by atoms with van der Waals surface area (Å²) in [5, 5.41) is 0. The molecule has 0 radical (unpaired) electrons. The van der Waals surface area contributed by atoms with Crippen molar-refractivity contribution in [2.75, 3.05) is 13.7 Å². The van der Waals surface area contributed by atoms with E-state index < -0.39 is 11.6 Å². The molecule has 1 unspecified atom stereocenters. The van der Waals surface area contributed by atoms with E-state index >= 15 is 0 Å². The zero-order valence-electron chi connectivity index (χ0n) is 14.1. The van der Waals surface area contributed by atoms with E-state index in [9.17, 15) is 9.59 Å². The maximum atomic E-state index is 12.4. The van der Waals surface area contributed by atoms with Crippen LogP contribution in [0.3, 0.4) is 0 Å². The van der Waals surface area contributed by atoms with E-state index in [4.69, 9.17) is 9.47 Å². The molecule has 1 heterocycles. The number of hydrogen-bond acceptors (Lipinski definition) is 4. The lowest BCUT2D eigenvalue weighted by Gasteiger charge is -2.37. The van der Waals surface area contributed by atoms with Gasteiger partial charge < -0.3 is 14.4 Å². The Hall–Kier alpha value is -1.56. The summed E-state index contributed by atoms with van der Waals surface area (Å²) in [7, 11) is 1.35. The normalized spacial score (nSPS) is 17.5. The third-order valence-corrected chi connectivity index (χ3v) is 4.67. The first-order chi connectivity index (χ1) is 10.7. The van der Waals surface area contributed by atoms with E-state index in [-0.39, 0.29) is 12.1 Å². The van der Waals surface area contributed by atoms with Crippen molar-refractivity contribution in [1.82, 2.24) is 4.90 Å². The van der Waals surface area contributed by atoms with Crippen LogP contribution < -0.4 is 0 Å². The molecule has 0 aliphatic carbocycles. The number of ether oxygens (including phenoxy) is 2. The van der Waals surface area contributed by atoms with Gasteiger partial charge in [0, 0.05) is 11.0 Å². The SMILES string of the molecule is COC(=O)c1ccc2c(c1Br)C(C)N(C(=O)OC(C)(C)C)CC2. The molecule has 0 saturated carbocycles. The van der Waals surface area contributed by atoms with Crippen molar-refractivity contribution in [2.45, 2.75) is 45.8 Å². The Kier molecular flexibility index (Phi) is 5.04. The Balaban J connectivity index is 2.36. The van der Waals surface area contributed by atoms with Gasteiger partial charge in [-0.3, -0.25) is 0 Å². The third kappa shape index (κ3) is 3.68. The van der Waals surface area contributed by atoms with Crippen molar-refractivity contribution in [2.24, 2.45) is 0 Å². The molecular weight excluding hydrogens is 362 g/mol. The molecule has 0 bridgehead atoms. The van der Waals surface area contributed by atoms with Crippen molar-refractivity contribution in [3.63, 3.8) is 0 Å². The maximum Gasteiger partial charge on any atom is 0.410 e. The number of rotatable bonds is 1. The Morgan fingerprint density at radius 1 is 1.30 bits per heavy atom. The quantitative estimate of drug-likeness (QED) is 0.685. The number of amides is 1. The van der Waals surface area contributed by atoms with Crippen LogP contribution in [0, 0.1) is 0 Å². The van der Waals surface area contributed by atoms with E-state index in [1.807, 2.05) is 33.8 Å². The summed E-state index contributed by atoms with van der Waals surface area (Å²) < 4.78 is 11.0. The highest BCUT2D eigenvalue weighted by Gasteiger charge is 2.33. The summed E-state index contributed by atoms with van der Waals surface area (Å²) in [6, 6.07) is 3.49. The van der Waals surface area contributed by atoms with Gasteiger partial charge >= 0.3 is 12.1 Å². The molecule has 0 saturated heterocycles. The minimum absolute atomic E-state index is 0.187. The van der Waals surface area contributed by atoms with Gasteiger partial charge in [0.1, 0.15) is 5.60 Å². The first-order valence-electron chi connectivity index (χ1n) is 7.55. The largest absolute Gasteiger partial charge is 0.465 e. The van der Waals surface area contributed by atoms with E-state index in [2.05, 4.69) is 15.9 Å². The predicted molar refractivity (Wildman–Crippen MR) is 90.5 cm³/mol. The van der Waals surface area contributed by atoms with Gasteiger partial charge in [-0.1, -0.05) is 6.07 Å². The summed E-state index contributed by atoms with van der Waals surface area (Å²) in [6.07, 6.45) is 0.380. The number of nitrogens with zero attached hydrogens (tertiary/aromatic N) is 1. The van der Waals surface area contributed by atoms with E-state index in [0.717, 1.165) is 17.5 Å². The fourth-order valence-electron chi connectivity index (χ4n) is 2.73. The first kappa shape index (κ1) is 17.8. The number of carbonyl (C=O) groups is 2. The van der Waals surface area contributed by atoms with Crippen LogP contribution >= 0.6 is 15.9 Å². The summed E-state index contributed by atoms with van der Waals surface area (Å²) >= 11 is 3.51. The second-order valence-electron chi connectivity index (χ2n) is 6.59. The van der Waals surface area contributed by atoms with Gasteiger partial charge in [-0.05, 0) is 67.2 Å². The minimum atomic E-state index is -0.540. The highest BCUT2D eigenvalue weighted by Crippen LogP contribution is 2.37. The molecule has 1 aromatic carbocycles. The van der Waals surface area contributed by atoms with Gasteiger partial charge in [-0.15, -0.1) is 0 Å². The van der Waals surface area contributed by atoms with Crippen LogP contribution in [-0.4, -0.2) is 36.2 Å². The first-order valence-corrected chi connectivity index (χ1v) is 8.34. The predicted octanol–water partition coefficient (Wildman–Crippen LogP) is 4.09. The summed E-state index contributed by atoms with van der Waals surface area (Å²) in [5.41, 5.74) is 1.98. The monoisotopic (exact) mass is 383 g/mol. The number of halogens is 1. The minimum Gasteiger partial charge on any atom is -0.465 e. The van der Waals surface area contributed by atoms with Crippen molar-refractivity contribution in [3.05, 3.63) is 33.3 Å². The Bertz CT molecular complexity index is 636. The second kappa shape index (κ2) is 6.51. The second-order valence-corrected chi connectivity index (χ2v) is 7.38. The molecule has 1 atom stereocenters. The molecule has 1 aliphatic rings. The lowest BCUT2D eigenvalue weighted by Crippen LogP contribution is -2.42. The standard InChI is InChI=1S/C17H22BrNO4/c1-10-13-11(6-7-12(14(13)18)15(20)22-5)8-9-19(10)16(21)23-17(2,3)4/h6-7,10H,8-9H2,1-5H3. The maximum absolute atomic E-state index is 12.4. The molecule has 0 spiro atoms. The van der Waals surface area contributed by atoms with Crippen LogP contribution in [-0.2, 0) is 15.9 Å². The van der Waals surface area contributed by atoms with Gasteiger partial charge in [-0.25, -0.2) is 9.59 Å². The van der Waals surface area contributed by atoms with Crippen molar-refractivity contribution in [3.8, 4) is 0 Å². The molecule has 126 valence electrons. The topological polar surface area (TPSA) is 55.8 Å². The van der Waals surface area contributed by atoms with E-state index in [1.165, 1.54) is 7.11 Å². The van der Waals surface area contributed by atoms with Crippen molar-refractivity contribution in [1.29, 1.82) is 0 Å². The zero-order valence-corrected chi connectivity index (χ0v) is 15.7. The molecule has 0 N–H and O–H groups in total. The number of esters is 1. The molecule has 1 aromatic rings. The van der Waals surface area contributed by atoms with Crippen LogP contribution in [0.25, 0.3) is 0 Å². The number of hydrogen-bond donors (Lipinski definition) is 0. The Morgan fingerprint density at radius 3 is 2.52 bits per heavy atom. The fourth-order valence-corrected chi connectivity index (χ4v) is 3.61.